The third-order valence-electron chi connectivity index (χ3n) is 3.50. The summed E-state index contributed by atoms with van der Waals surface area (Å²) in [7, 11) is 3.81. The Hall–Kier alpha value is -1.14. The number of nitrogens with zero attached hydrogens (tertiary/aromatic N) is 2. The molecule has 6 heteroatoms. The van der Waals surface area contributed by atoms with Crippen molar-refractivity contribution in [2.24, 2.45) is 5.92 Å². The number of rotatable bonds is 6. The minimum absolute atomic E-state index is 0.0642. The summed E-state index contributed by atoms with van der Waals surface area (Å²) in [5, 5.41) is 8.97. The molecular weight excluding hydrogens is 260 g/mol. The van der Waals surface area contributed by atoms with Crippen molar-refractivity contribution in [3.63, 3.8) is 0 Å². The van der Waals surface area contributed by atoms with Crippen LogP contribution >= 0.6 is 0 Å². The molecule has 0 aliphatic carbocycles. The first kappa shape index (κ1) is 16.9. The Morgan fingerprint density at radius 2 is 1.95 bits per heavy atom. The monoisotopic (exact) mass is 286 g/mol. The molecule has 0 radical (unpaired) electrons. The van der Waals surface area contributed by atoms with Crippen LogP contribution in [0.5, 0.6) is 0 Å². The van der Waals surface area contributed by atoms with E-state index in [1.165, 1.54) is 4.90 Å². The smallest absolute Gasteiger partial charge is 0.323 e. The predicted molar refractivity (Wildman–Crippen MR) is 75.5 cm³/mol. The van der Waals surface area contributed by atoms with E-state index in [1.54, 1.807) is 0 Å². The maximum absolute atomic E-state index is 12.5. The summed E-state index contributed by atoms with van der Waals surface area (Å²) in [5.74, 6) is -1.17. The molecule has 1 N–H and O–H groups in total. The number of carbonyl (C=O) groups excluding carboxylic acids is 1. The van der Waals surface area contributed by atoms with Crippen molar-refractivity contribution >= 4 is 11.9 Å². The minimum atomic E-state index is -0.969. The molecule has 116 valence electrons. The zero-order valence-electron chi connectivity index (χ0n) is 12.9. The molecule has 0 bridgehead atoms. The number of likely N-dealkylation sites (N-methyl/N-ethyl adjacent to an activating group) is 1. The molecule has 0 aromatic heterocycles. The molecule has 1 aliphatic rings. The van der Waals surface area contributed by atoms with Crippen molar-refractivity contribution in [3.05, 3.63) is 0 Å². The molecule has 6 nitrogen and oxygen atoms in total. The van der Waals surface area contributed by atoms with E-state index in [0.29, 0.717) is 32.5 Å². The highest BCUT2D eigenvalue weighted by molar-refractivity contribution is 5.83. The highest BCUT2D eigenvalue weighted by Gasteiger charge is 2.35. The van der Waals surface area contributed by atoms with Crippen LogP contribution in [0.25, 0.3) is 0 Å². The number of aliphatic carboxylic acids is 1. The van der Waals surface area contributed by atoms with E-state index in [1.807, 2.05) is 32.8 Å². The zero-order chi connectivity index (χ0) is 15.3. The second kappa shape index (κ2) is 7.04. The molecule has 20 heavy (non-hydrogen) atoms. The van der Waals surface area contributed by atoms with E-state index in [-0.39, 0.29) is 24.0 Å². The lowest BCUT2D eigenvalue weighted by molar-refractivity contribution is -0.151. The summed E-state index contributed by atoms with van der Waals surface area (Å²) >= 11 is 0. The van der Waals surface area contributed by atoms with Gasteiger partial charge in [0.25, 0.3) is 0 Å². The molecule has 0 spiro atoms. The lowest BCUT2D eigenvalue weighted by Crippen LogP contribution is -2.46. The third kappa shape index (κ3) is 5.46. The molecule has 1 atom stereocenters. The number of hydrogen-bond acceptors (Lipinski definition) is 4. The van der Waals surface area contributed by atoms with E-state index >= 15 is 0 Å². The van der Waals surface area contributed by atoms with E-state index < -0.39 is 5.97 Å². The van der Waals surface area contributed by atoms with E-state index in [2.05, 4.69) is 0 Å². The second-order valence-electron chi connectivity index (χ2n) is 6.25. The Morgan fingerprint density at radius 3 is 2.45 bits per heavy atom. The van der Waals surface area contributed by atoms with E-state index in [9.17, 15) is 9.59 Å². The number of carbonyl (C=O) groups is 2. The van der Waals surface area contributed by atoms with Crippen LogP contribution in [-0.2, 0) is 14.3 Å². The standard InChI is InChI=1S/C14H26N2O4/c1-14(2)9-11(5-8-20-14)13(19)16(10-12(17)18)7-6-15(3)4/h11H,5-10H2,1-4H3,(H,17,18)/t11-/m0/s1. The van der Waals surface area contributed by atoms with Gasteiger partial charge in [-0.2, -0.15) is 0 Å². The number of ether oxygens (including phenoxy) is 1. The Balaban J connectivity index is 2.68. The van der Waals surface area contributed by atoms with Gasteiger partial charge in [0.15, 0.2) is 0 Å². The van der Waals surface area contributed by atoms with Crippen LogP contribution in [0.4, 0.5) is 0 Å². The molecule has 1 heterocycles. The fourth-order valence-corrected chi connectivity index (χ4v) is 2.45. The van der Waals surface area contributed by atoms with Crippen LogP contribution in [0.1, 0.15) is 26.7 Å². The van der Waals surface area contributed by atoms with Gasteiger partial charge in [0.2, 0.25) is 5.91 Å². The lowest BCUT2D eigenvalue weighted by atomic mass is 9.87. The van der Waals surface area contributed by atoms with Crippen molar-refractivity contribution in [1.29, 1.82) is 0 Å². The number of carboxylic acids is 1. The molecule has 1 aliphatic heterocycles. The van der Waals surface area contributed by atoms with Gasteiger partial charge in [-0.3, -0.25) is 9.59 Å². The fraction of sp³-hybridized carbons (Fsp3) is 0.857. The molecule has 0 aromatic rings. The van der Waals surface area contributed by atoms with Gasteiger partial charge in [0.05, 0.1) is 5.60 Å². The van der Waals surface area contributed by atoms with Crippen LogP contribution in [0.3, 0.4) is 0 Å². The summed E-state index contributed by atoms with van der Waals surface area (Å²) < 4.78 is 5.61. The Kier molecular flexibility index (Phi) is 5.95. The maximum atomic E-state index is 12.5. The summed E-state index contributed by atoms with van der Waals surface area (Å²) in [6.07, 6.45) is 1.31. The number of carboxylic acid groups (broad SMARTS) is 1. The predicted octanol–water partition coefficient (Wildman–Crippen LogP) is 0.666. The average Bonchev–Trinajstić information content (AvgIpc) is 2.31. The topological polar surface area (TPSA) is 70.1 Å². The first-order valence-electron chi connectivity index (χ1n) is 7.00. The molecule has 1 rings (SSSR count). The van der Waals surface area contributed by atoms with Gasteiger partial charge in [-0.05, 0) is 40.8 Å². The van der Waals surface area contributed by atoms with Crippen LogP contribution < -0.4 is 0 Å². The van der Waals surface area contributed by atoms with Crippen LogP contribution in [0.15, 0.2) is 0 Å². The van der Waals surface area contributed by atoms with Gasteiger partial charge in [-0.1, -0.05) is 0 Å². The second-order valence-corrected chi connectivity index (χ2v) is 6.25. The summed E-state index contributed by atoms with van der Waals surface area (Å²) in [4.78, 5) is 26.9. The van der Waals surface area contributed by atoms with Crippen molar-refractivity contribution in [3.8, 4) is 0 Å². The molecule has 0 saturated carbocycles. The summed E-state index contributed by atoms with van der Waals surface area (Å²) in [5.41, 5.74) is -0.310. The molecule has 0 unspecified atom stereocenters. The largest absolute Gasteiger partial charge is 0.480 e. The van der Waals surface area contributed by atoms with Gasteiger partial charge < -0.3 is 19.6 Å². The molecule has 1 amide bonds. The van der Waals surface area contributed by atoms with Gasteiger partial charge >= 0.3 is 5.97 Å². The van der Waals surface area contributed by atoms with Gasteiger partial charge in [-0.15, -0.1) is 0 Å². The Bertz CT molecular complexity index is 355. The highest BCUT2D eigenvalue weighted by Crippen LogP contribution is 2.29. The third-order valence-corrected chi connectivity index (χ3v) is 3.50. The summed E-state index contributed by atoms with van der Waals surface area (Å²) in [6, 6.07) is 0. The highest BCUT2D eigenvalue weighted by atomic mass is 16.5. The van der Waals surface area contributed by atoms with Gasteiger partial charge in [0.1, 0.15) is 6.54 Å². The van der Waals surface area contributed by atoms with Crippen molar-refractivity contribution < 1.29 is 19.4 Å². The molecular formula is C14H26N2O4. The average molecular weight is 286 g/mol. The quantitative estimate of drug-likeness (QED) is 0.777. The fourth-order valence-electron chi connectivity index (χ4n) is 2.45. The number of hydrogen-bond donors (Lipinski definition) is 1. The Labute approximate surface area is 120 Å². The lowest BCUT2D eigenvalue weighted by Gasteiger charge is -2.37. The van der Waals surface area contributed by atoms with E-state index in [4.69, 9.17) is 9.84 Å². The Morgan fingerprint density at radius 1 is 1.30 bits per heavy atom. The normalized spacial score (nSPS) is 21.8. The van der Waals surface area contributed by atoms with E-state index in [0.717, 1.165) is 0 Å². The van der Waals surface area contributed by atoms with Crippen LogP contribution in [0, 0.1) is 5.92 Å². The molecule has 0 aromatic carbocycles. The van der Waals surface area contributed by atoms with Crippen molar-refractivity contribution in [2.45, 2.75) is 32.3 Å². The first-order chi connectivity index (χ1) is 9.21. The van der Waals surface area contributed by atoms with Crippen LogP contribution in [0.2, 0.25) is 0 Å². The SMILES string of the molecule is CN(C)CCN(CC(=O)O)C(=O)[C@H]1CCOC(C)(C)C1. The summed E-state index contributed by atoms with van der Waals surface area (Å²) in [6.45, 7) is 5.35. The van der Waals surface area contributed by atoms with Gasteiger partial charge in [0, 0.05) is 25.6 Å². The van der Waals surface area contributed by atoms with Crippen molar-refractivity contribution in [1.82, 2.24) is 9.80 Å². The minimum Gasteiger partial charge on any atom is -0.480 e. The maximum Gasteiger partial charge on any atom is 0.323 e. The van der Waals surface area contributed by atoms with Gasteiger partial charge in [-0.25, -0.2) is 0 Å². The molecule has 1 fully saturated rings. The zero-order valence-corrected chi connectivity index (χ0v) is 12.9. The first-order valence-corrected chi connectivity index (χ1v) is 7.00. The molecule has 1 saturated heterocycles. The number of amides is 1. The van der Waals surface area contributed by atoms with Crippen LogP contribution in [-0.4, -0.2) is 72.7 Å². The van der Waals surface area contributed by atoms with Crippen molar-refractivity contribution in [2.75, 3.05) is 40.3 Å².